The topological polar surface area (TPSA) is 131 Å². The van der Waals surface area contributed by atoms with Crippen LogP contribution in [0.3, 0.4) is 0 Å². The number of methoxy groups -OCH3 is 1. The molecule has 0 aliphatic carbocycles. The van der Waals surface area contributed by atoms with Gasteiger partial charge in [0.15, 0.2) is 6.79 Å². The number of carbonyl (C=O) groups is 2. The molecule has 0 bridgehead atoms. The summed E-state index contributed by atoms with van der Waals surface area (Å²) in [4.78, 5) is 26.1. The van der Waals surface area contributed by atoms with Crippen molar-refractivity contribution >= 4 is 33.3 Å². The number of fused-ring (bicyclic) bond motifs is 1. The average molecular weight is 541 g/mol. The summed E-state index contributed by atoms with van der Waals surface area (Å²) in [7, 11) is -2.06. The Morgan fingerprint density at radius 3 is 2.45 bits per heavy atom. The van der Waals surface area contributed by atoms with Crippen molar-refractivity contribution in [1.29, 1.82) is 0 Å². The molecule has 1 aliphatic rings. The van der Waals surface area contributed by atoms with Crippen molar-refractivity contribution in [2.75, 3.05) is 49.5 Å². The van der Waals surface area contributed by atoms with Crippen LogP contribution in [0, 0.1) is 0 Å². The van der Waals surface area contributed by atoms with E-state index in [9.17, 15) is 18.0 Å². The maximum absolute atomic E-state index is 13.4. The monoisotopic (exact) mass is 540 g/mol. The van der Waals surface area contributed by atoms with E-state index in [1.54, 1.807) is 60.5 Å². The predicted octanol–water partition coefficient (Wildman–Crippen LogP) is 3.63. The highest BCUT2D eigenvalue weighted by atomic mass is 32.2. The third-order valence-corrected chi connectivity index (χ3v) is 6.54. The van der Waals surface area contributed by atoms with Crippen molar-refractivity contribution in [3.63, 3.8) is 0 Å². The molecule has 0 saturated heterocycles. The molecular weight excluding hydrogens is 512 g/mol. The van der Waals surface area contributed by atoms with Crippen molar-refractivity contribution in [2.24, 2.45) is 0 Å². The molecular formula is C27H28N2O8S. The van der Waals surface area contributed by atoms with E-state index in [-0.39, 0.29) is 29.7 Å². The SMILES string of the molecule is COCCOCOc1ccc(N2CCc3cc(-c4ccc(C(=O)O)cc4)ccc3C2=O)cc1NS(C)(=O)=O. The summed E-state index contributed by atoms with van der Waals surface area (Å²) < 4.78 is 42.2. The molecule has 0 atom stereocenters. The molecule has 0 fully saturated rings. The molecule has 2 N–H and O–H groups in total. The summed E-state index contributed by atoms with van der Waals surface area (Å²) in [6.45, 7) is 1.01. The van der Waals surface area contributed by atoms with Gasteiger partial charge in [0, 0.05) is 24.9 Å². The molecule has 4 rings (SSSR count). The minimum absolute atomic E-state index is 0.0987. The second-order valence-electron chi connectivity index (χ2n) is 8.68. The average Bonchev–Trinajstić information content (AvgIpc) is 2.88. The zero-order valence-electron chi connectivity index (χ0n) is 21.0. The number of nitrogens with zero attached hydrogens (tertiary/aromatic N) is 1. The molecule has 0 saturated carbocycles. The van der Waals surface area contributed by atoms with Gasteiger partial charge in [0.05, 0.1) is 30.7 Å². The van der Waals surface area contributed by atoms with Gasteiger partial charge >= 0.3 is 5.97 Å². The Labute approximate surface area is 220 Å². The summed E-state index contributed by atoms with van der Waals surface area (Å²) >= 11 is 0. The Hall–Kier alpha value is -3.93. The summed E-state index contributed by atoms with van der Waals surface area (Å²) in [5.41, 5.74) is 4.09. The lowest BCUT2D eigenvalue weighted by molar-refractivity contribution is -0.00814. The summed E-state index contributed by atoms with van der Waals surface area (Å²) in [6.07, 6.45) is 1.62. The smallest absolute Gasteiger partial charge is 0.335 e. The van der Waals surface area contributed by atoms with E-state index < -0.39 is 16.0 Å². The number of carbonyl (C=O) groups excluding carboxylic acids is 1. The summed E-state index contributed by atoms with van der Waals surface area (Å²) in [5.74, 6) is -0.932. The lowest BCUT2D eigenvalue weighted by Crippen LogP contribution is -2.37. The predicted molar refractivity (Wildman–Crippen MR) is 142 cm³/mol. The Morgan fingerprint density at radius 2 is 1.76 bits per heavy atom. The molecule has 1 amide bonds. The minimum Gasteiger partial charge on any atom is -0.478 e. The molecule has 0 radical (unpaired) electrons. The molecule has 3 aromatic carbocycles. The molecule has 10 nitrogen and oxygen atoms in total. The third kappa shape index (κ3) is 6.49. The van der Waals surface area contributed by atoms with E-state index in [1.807, 2.05) is 12.1 Å². The lowest BCUT2D eigenvalue weighted by atomic mass is 9.93. The van der Waals surface area contributed by atoms with Gasteiger partial charge in [0.25, 0.3) is 5.91 Å². The fraction of sp³-hybridized carbons (Fsp3) is 0.259. The summed E-state index contributed by atoms with van der Waals surface area (Å²) in [5, 5.41) is 9.11. The van der Waals surface area contributed by atoms with Crippen LogP contribution in [0.1, 0.15) is 26.3 Å². The summed E-state index contributed by atoms with van der Waals surface area (Å²) in [6, 6.07) is 17.0. The van der Waals surface area contributed by atoms with Gasteiger partial charge < -0.3 is 24.2 Å². The quantitative estimate of drug-likeness (QED) is 0.279. The van der Waals surface area contributed by atoms with E-state index in [0.717, 1.165) is 22.9 Å². The van der Waals surface area contributed by atoms with Gasteiger partial charge in [-0.1, -0.05) is 24.3 Å². The first-order valence-electron chi connectivity index (χ1n) is 11.8. The van der Waals surface area contributed by atoms with Gasteiger partial charge in [-0.25, -0.2) is 13.2 Å². The second-order valence-corrected chi connectivity index (χ2v) is 10.4. The first kappa shape index (κ1) is 27.1. The first-order chi connectivity index (χ1) is 18.2. The van der Waals surface area contributed by atoms with Crippen molar-refractivity contribution in [2.45, 2.75) is 6.42 Å². The molecule has 0 unspecified atom stereocenters. The Morgan fingerprint density at radius 1 is 1.03 bits per heavy atom. The van der Waals surface area contributed by atoms with Crippen LogP contribution >= 0.6 is 0 Å². The number of carboxylic acids is 1. The standard InChI is InChI=1S/C27H28N2O8S/c1-35-13-14-36-17-37-25-10-8-22(16-24(25)28-38(2,33)34)29-12-11-21-15-20(7-9-23(21)26(29)30)18-3-5-19(6-4-18)27(31)32/h3-10,15-16,28H,11-14,17H2,1-2H3,(H,31,32). The van der Waals surface area contributed by atoms with Gasteiger partial charge in [-0.2, -0.15) is 0 Å². The van der Waals surface area contributed by atoms with Crippen molar-refractivity contribution in [3.8, 4) is 16.9 Å². The van der Waals surface area contributed by atoms with Crippen molar-refractivity contribution in [1.82, 2.24) is 0 Å². The first-order valence-corrected chi connectivity index (χ1v) is 13.7. The zero-order chi connectivity index (χ0) is 27.3. The van der Waals surface area contributed by atoms with Gasteiger partial charge in [0.1, 0.15) is 5.75 Å². The number of ether oxygens (including phenoxy) is 3. The Kier molecular flexibility index (Phi) is 8.30. The number of nitrogens with one attached hydrogen (secondary N) is 1. The van der Waals surface area contributed by atoms with Gasteiger partial charge in [-0.3, -0.25) is 9.52 Å². The third-order valence-electron chi connectivity index (χ3n) is 5.95. The van der Waals surface area contributed by atoms with Crippen LogP contribution in [0.2, 0.25) is 0 Å². The molecule has 11 heteroatoms. The lowest BCUT2D eigenvalue weighted by Gasteiger charge is -2.29. The maximum atomic E-state index is 13.4. The van der Waals surface area contributed by atoms with Crippen LogP contribution in [0.4, 0.5) is 11.4 Å². The second kappa shape index (κ2) is 11.6. The van der Waals surface area contributed by atoms with E-state index in [0.29, 0.717) is 37.4 Å². The van der Waals surface area contributed by atoms with Crippen molar-refractivity contribution in [3.05, 3.63) is 77.4 Å². The minimum atomic E-state index is -3.61. The van der Waals surface area contributed by atoms with Crippen LogP contribution in [-0.4, -0.2) is 65.3 Å². The highest BCUT2D eigenvalue weighted by Gasteiger charge is 2.27. The van der Waals surface area contributed by atoms with Crippen LogP contribution < -0.4 is 14.4 Å². The van der Waals surface area contributed by atoms with E-state index in [2.05, 4.69) is 4.72 Å². The van der Waals surface area contributed by atoms with E-state index >= 15 is 0 Å². The number of aromatic carboxylic acids is 1. The van der Waals surface area contributed by atoms with Crippen LogP contribution in [-0.2, 0) is 25.9 Å². The molecule has 38 heavy (non-hydrogen) atoms. The van der Waals surface area contributed by atoms with Gasteiger partial charge in [-0.05, 0) is 59.5 Å². The van der Waals surface area contributed by atoms with E-state index in [1.165, 1.54) is 0 Å². The van der Waals surface area contributed by atoms with Gasteiger partial charge in [0.2, 0.25) is 10.0 Å². The number of anilines is 2. The molecule has 200 valence electrons. The number of hydrogen-bond acceptors (Lipinski definition) is 7. The fourth-order valence-corrected chi connectivity index (χ4v) is 4.68. The molecule has 1 heterocycles. The number of amides is 1. The van der Waals surface area contributed by atoms with E-state index in [4.69, 9.17) is 19.3 Å². The molecule has 1 aliphatic heterocycles. The Balaban J connectivity index is 1.55. The van der Waals surface area contributed by atoms with Crippen molar-refractivity contribution < 1.29 is 37.3 Å². The van der Waals surface area contributed by atoms with Crippen LogP contribution in [0.5, 0.6) is 5.75 Å². The highest BCUT2D eigenvalue weighted by molar-refractivity contribution is 7.92. The maximum Gasteiger partial charge on any atom is 0.335 e. The van der Waals surface area contributed by atoms with Crippen LogP contribution in [0.25, 0.3) is 11.1 Å². The largest absolute Gasteiger partial charge is 0.478 e. The number of sulfonamides is 1. The number of hydrogen-bond donors (Lipinski definition) is 2. The molecule has 0 aromatic heterocycles. The van der Waals surface area contributed by atoms with Gasteiger partial charge in [-0.15, -0.1) is 0 Å². The molecule has 3 aromatic rings. The fourth-order valence-electron chi connectivity index (χ4n) is 4.12. The molecule has 0 spiro atoms. The number of benzene rings is 3. The highest BCUT2D eigenvalue weighted by Crippen LogP contribution is 2.34. The normalized spacial score (nSPS) is 13.2. The zero-order valence-corrected chi connectivity index (χ0v) is 21.8. The number of rotatable bonds is 11. The Bertz CT molecular complexity index is 1440. The van der Waals surface area contributed by atoms with Crippen LogP contribution in [0.15, 0.2) is 60.7 Å². The number of carboxylic acid groups (broad SMARTS) is 1.